The Bertz CT molecular complexity index is 780. The zero-order valence-electron chi connectivity index (χ0n) is 10.0. The van der Waals surface area contributed by atoms with Crippen LogP contribution in [-0.4, -0.2) is 18.4 Å². The smallest absolute Gasteiger partial charge is 0.306 e. The summed E-state index contributed by atoms with van der Waals surface area (Å²) >= 11 is 3.93. The van der Waals surface area contributed by atoms with E-state index in [1.54, 1.807) is 19.1 Å². The number of nitrogens with zero attached hydrogens (tertiary/aromatic N) is 1. The maximum Gasteiger partial charge on any atom is 0.306 e. The lowest BCUT2D eigenvalue weighted by Crippen LogP contribution is -2.14. The van der Waals surface area contributed by atoms with Crippen LogP contribution in [0.1, 0.15) is 11.4 Å². The number of anilines is 1. The fourth-order valence-electron chi connectivity index (χ4n) is 1.43. The predicted octanol–water partition coefficient (Wildman–Crippen LogP) is 2.01. The van der Waals surface area contributed by atoms with Gasteiger partial charge in [0.1, 0.15) is 5.82 Å². The largest absolute Gasteiger partial charge is 0.315 e. The summed E-state index contributed by atoms with van der Waals surface area (Å²) in [5.41, 5.74) is 0.982. The van der Waals surface area contributed by atoms with E-state index in [1.807, 2.05) is 0 Å². The molecular formula is C10H10BrN3O3S2. The number of H-pyrrole nitrogens is 1. The van der Waals surface area contributed by atoms with Gasteiger partial charge >= 0.3 is 4.87 Å². The van der Waals surface area contributed by atoms with Gasteiger partial charge in [-0.3, -0.25) is 9.52 Å². The van der Waals surface area contributed by atoms with Crippen molar-refractivity contribution in [1.29, 1.82) is 0 Å². The van der Waals surface area contributed by atoms with E-state index in [2.05, 4.69) is 30.6 Å². The number of pyridine rings is 1. The number of nitrogens with one attached hydrogen (secondary N) is 2. The zero-order valence-corrected chi connectivity index (χ0v) is 13.2. The van der Waals surface area contributed by atoms with Gasteiger partial charge in [0.25, 0.3) is 10.0 Å². The third-order valence-electron chi connectivity index (χ3n) is 2.29. The normalized spacial score (nSPS) is 11.5. The first-order chi connectivity index (χ1) is 8.79. The van der Waals surface area contributed by atoms with E-state index in [9.17, 15) is 13.2 Å². The van der Waals surface area contributed by atoms with Crippen molar-refractivity contribution in [3.63, 3.8) is 0 Å². The molecule has 6 nitrogen and oxygen atoms in total. The Morgan fingerprint density at radius 1 is 1.37 bits per heavy atom. The van der Waals surface area contributed by atoms with Crippen LogP contribution in [0.25, 0.3) is 0 Å². The number of thiazole rings is 1. The minimum absolute atomic E-state index is 0.0279. The molecule has 2 rings (SSSR count). The Labute approximate surface area is 122 Å². The average Bonchev–Trinajstić information content (AvgIpc) is 2.63. The summed E-state index contributed by atoms with van der Waals surface area (Å²) in [7, 11) is -3.79. The third kappa shape index (κ3) is 3.04. The first-order valence-electron chi connectivity index (χ1n) is 5.15. The van der Waals surface area contributed by atoms with Gasteiger partial charge in [0.15, 0.2) is 4.21 Å². The summed E-state index contributed by atoms with van der Waals surface area (Å²) in [6, 6.07) is 3.24. The van der Waals surface area contributed by atoms with Gasteiger partial charge in [-0.2, -0.15) is 0 Å². The molecule has 0 aromatic carbocycles. The molecule has 9 heteroatoms. The van der Waals surface area contributed by atoms with Crippen LogP contribution in [0.2, 0.25) is 0 Å². The van der Waals surface area contributed by atoms with Crippen molar-refractivity contribution in [2.24, 2.45) is 0 Å². The Balaban J connectivity index is 2.39. The molecule has 0 aliphatic carbocycles. The van der Waals surface area contributed by atoms with Gasteiger partial charge in [-0.15, -0.1) is 0 Å². The molecule has 0 aliphatic heterocycles. The zero-order chi connectivity index (χ0) is 14.2. The summed E-state index contributed by atoms with van der Waals surface area (Å²) < 4.78 is 27.4. The number of aromatic nitrogens is 2. The second-order valence-electron chi connectivity index (χ2n) is 3.80. The van der Waals surface area contributed by atoms with Gasteiger partial charge in [0.2, 0.25) is 0 Å². The van der Waals surface area contributed by atoms with Crippen LogP contribution in [0.4, 0.5) is 5.82 Å². The number of aryl methyl sites for hydroxylation is 2. The first-order valence-corrected chi connectivity index (χ1v) is 8.24. The minimum Gasteiger partial charge on any atom is -0.315 e. The van der Waals surface area contributed by atoms with Crippen LogP contribution in [0, 0.1) is 13.8 Å². The Hall–Kier alpha value is -1.19. The lowest BCUT2D eigenvalue weighted by Gasteiger charge is -2.07. The summed E-state index contributed by atoms with van der Waals surface area (Å²) in [6.07, 6.45) is 0. The van der Waals surface area contributed by atoms with E-state index in [4.69, 9.17) is 0 Å². The third-order valence-corrected chi connectivity index (χ3v) is 6.08. The predicted molar refractivity (Wildman–Crippen MR) is 77.2 cm³/mol. The van der Waals surface area contributed by atoms with Crippen LogP contribution in [0.3, 0.4) is 0 Å². The molecule has 0 spiro atoms. The number of aromatic amines is 1. The number of hydrogen-bond acceptors (Lipinski definition) is 5. The lowest BCUT2D eigenvalue weighted by atomic mass is 10.4. The van der Waals surface area contributed by atoms with E-state index in [0.29, 0.717) is 22.7 Å². The maximum absolute atomic E-state index is 12.1. The number of hydrogen-bond donors (Lipinski definition) is 2. The van der Waals surface area contributed by atoms with Crippen molar-refractivity contribution in [1.82, 2.24) is 9.97 Å². The fourth-order valence-corrected chi connectivity index (χ4v) is 3.96. The van der Waals surface area contributed by atoms with Crippen molar-refractivity contribution in [2.75, 3.05) is 4.72 Å². The molecule has 2 aromatic rings. The van der Waals surface area contributed by atoms with Crippen LogP contribution in [-0.2, 0) is 10.0 Å². The molecule has 2 heterocycles. The van der Waals surface area contributed by atoms with E-state index in [-0.39, 0.29) is 10.0 Å². The summed E-state index contributed by atoms with van der Waals surface area (Å²) in [6.45, 7) is 3.29. The highest BCUT2D eigenvalue weighted by atomic mass is 79.9. The van der Waals surface area contributed by atoms with Gasteiger partial charge in [0, 0.05) is 10.2 Å². The standard InChI is InChI=1S/C10H10BrN3O3S2/c1-5-7(11)3-4-8(12-5)14-19(16,17)9-6(2)13-10(15)18-9/h3-4H,1-2H3,(H,12,14)(H,13,15). The highest BCUT2D eigenvalue weighted by molar-refractivity contribution is 9.10. The molecule has 0 unspecified atom stereocenters. The SMILES string of the molecule is Cc1nc(NS(=O)(=O)c2sc(=O)[nH]c2C)ccc1Br. The van der Waals surface area contributed by atoms with Crippen LogP contribution in [0.5, 0.6) is 0 Å². The first kappa shape index (κ1) is 14.2. The van der Waals surface area contributed by atoms with E-state index < -0.39 is 14.9 Å². The molecule has 0 atom stereocenters. The van der Waals surface area contributed by atoms with Crippen molar-refractivity contribution in [3.8, 4) is 0 Å². The average molecular weight is 364 g/mol. The molecule has 0 saturated carbocycles. The topological polar surface area (TPSA) is 91.9 Å². The molecular weight excluding hydrogens is 354 g/mol. The molecule has 0 bridgehead atoms. The molecule has 2 aromatic heterocycles. The second kappa shape index (κ2) is 5.06. The highest BCUT2D eigenvalue weighted by Crippen LogP contribution is 2.21. The van der Waals surface area contributed by atoms with Crippen molar-refractivity contribution < 1.29 is 8.42 Å². The summed E-state index contributed by atoms with van der Waals surface area (Å²) in [4.78, 5) is 17.3. The molecule has 0 aliphatic rings. The van der Waals surface area contributed by atoms with Crippen molar-refractivity contribution in [3.05, 3.63) is 37.7 Å². The Morgan fingerprint density at radius 3 is 2.58 bits per heavy atom. The Morgan fingerprint density at radius 2 is 2.05 bits per heavy atom. The highest BCUT2D eigenvalue weighted by Gasteiger charge is 2.21. The summed E-state index contributed by atoms with van der Waals surface area (Å²) in [5.74, 6) is 0.209. The maximum atomic E-state index is 12.1. The molecule has 2 N–H and O–H groups in total. The van der Waals surface area contributed by atoms with Gasteiger partial charge in [0.05, 0.1) is 5.69 Å². The van der Waals surface area contributed by atoms with Crippen molar-refractivity contribution in [2.45, 2.75) is 18.1 Å². The number of halogens is 1. The molecule has 0 radical (unpaired) electrons. The van der Waals surface area contributed by atoms with Crippen LogP contribution in [0.15, 0.2) is 25.6 Å². The van der Waals surface area contributed by atoms with Gasteiger partial charge < -0.3 is 4.98 Å². The lowest BCUT2D eigenvalue weighted by molar-refractivity contribution is 0.602. The molecule has 0 saturated heterocycles. The summed E-state index contributed by atoms with van der Waals surface area (Å²) in [5, 5.41) is 0. The van der Waals surface area contributed by atoms with Crippen molar-refractivity contribution >= 4 is 43.1 Å². The second-order valence-corrected chi connectivity index (χ2v) is 7.51. The van der Waals surface area contributed by atoms with Gasteiger partial charge in [-0.25, -0.2) is 13.4 Å². The quantitative estimate of drug-likeness (QED) is 0.872. The number of rotatable bonds is 3. The number of sulfonamides is 1. The minimum atomic E-state index is -3.79. The fraction of sp³-hybridized carbons (Fsp3) is 0.200. The Kier molecular flexibility index (Phi) is 3.79. The van der Waals surface area contributed by atoms with Gasteiger partial charge in [-0.05, 0) is 41.9 Å². The van der Waals surface area contributed by atoms with E-state index in [0.717, 1.165) is 4.47 Å². The van der Waals surface area contributed by atoms with Crippen LogP contribution < -0.4 is 9.60 Å². The molecule has 19 heavy (non-hydrogen) atoms. The van der Waals surface area contributed by atoms with Crippen LogP contribution >= 0.6 is 27.3 Å². The molecule has 0 fully saturated rings. The van der Waals surface area contributed by atoms with Gasteiger partial charge in [-0.1, -0.05) is 11.3 Å². The molecule has 102 valence electrons. The van der Waals surface area contributed by atoms with E-state index >= 15 is 0 Å². The van der Waals surface area contributed by atoms with E-state index in [1.165, 1.54) is 6.92 Å². The monoisotopic (exact) mass is 363 g/mol. The molecule has 0 amide bonds.